The molecule has 94 valence electrons. The fourth-order valence-electron chi connectivity index (χ4n) is 1.40. The van der Waals surface area contributed by atoms with Gasteiger partial charge in [-0.15, -0.1) is 0 Å². The van der Waals surface area contributed by atoms with Crippen molar-refractivity contribution in [3.05, 3.63) is 58.6 Å². The Hall–Kier alpha value is -1.88. The highest BCUT2D eigenvalue weighted by Gasteiger charge is 2.05. The van der Waals surface area contributed by atoms with Crippen molar-refractivity contribution < 1.29 is 9.59 Å². The first-order valence-corrected chi connectivity index (χ1v) is 5.99. The van der Waals surface area contributed by atoms with Crippen LogP contribution in [-0.4, -0.2) is 11.8 Å². The first kappa shape index (κ1) is 14.2. The molecule has 4 N–H and O–H groups in total. The van der Waals surface area contributed by atoms with E-state index >= 15 is 0 Å². The number of rotatable bonds is 5. The topological polar surface area (TPSA) is 86.2 Å². The maximum atomic E-state index is 10.8. The molecular formula is C13H13BrN2O2. The van der Waals surface area contributed by atoms with Crippen LogP contribution in [0.25, 0.3) is 0 Å². The van der Waals surface area contributed by atoms with Crippen molar-refractivity contribution in [2.24, 2.45) is 11.5 Å². The van der Waals surface area contributed by atoms with E-state index in [1.165, 1.54) is 12.2 Å². The molecule has 1 aromatic rings. The number of benzene rings is 1. The second-order valence-electron chi connectivity index (χ2n) is 3.60. The molecule has 5 heteroatoms. The predicted octanol–water partition coefficient (Wildman–Crippen LogP) is 1.62. The maximum absolute atomic E-state index is 10.8. The lowest BCUT2D eigenvalue weighted by Gasteiger charge is -2.08. The molecule has 4 nitrogen and oxygen atoms in total. The molecule has 0 aromatic heterocycles. The highest BCUT2D eigenvalue weighted by Crippen LogP contribution is 2.22. The van der Waals surface area contributed by atoms with Crippen LogP contribution >= 0.6 is 15.9 Å². The number of hydrogen-bond acceptors (Lipinski definition) is 2. The van der Waals surface area contributed by atoms with Gasteiger partial charge >= 0.3 is 0 Å². The van der Waals surface area contributed by atoms with E-state index in [1.54, 1.807) is 12.2 Å². The van der Waals surface area contributed by atoms with Crippen LogP contribution in [-0.2, 0) is 9.59 Å². The summed E-state index contributed by atoms with van der Waals surface area (Å²) in [6.45, 7) is 0. The van der Waals surface area contributed by atoms with Gasteiger partial charge in [-0.25, -0.2) is 0 Å². The summed E-state index contributed by atoms with van der Waals surface area (Å²) < 4.78 is 0.907. The zero-order valence-electron chi connectivity index (χ0n) is 9.55. The van der Waals surface area contributed by atoms with Crippen LogP contribution in [0.15, 0.2) is 53.0 Å². The van der Waals surface area contributed by atoms with E-state index in [0.717, 1.165) is 10.0 Å². The number of amides is 2. The lowest BCUT2D eigenvalue weighted by molar-refractivity contribution is -0.114. The molecule has 2 amide bonds. The maximum Gasteiger partial charge on any atom is 0.241 e. The van der Waals surface area contributed by atoms with Gasteiger partial charge in [0.1, 0.15) is 0 Å². The third kappa shape index (κ3) is 4.97. The van der Waals surface area contributed by atoms with Gasteiger partial charge in [0.2, 0.25) is 11.8 Å². The average Bonchev–Trinajstić information content (AvgIpc) is 2.28. The summed E-state index contributed by atoms with van der Waals surface area (Å²) in [5, 5.41) is 0. The molecule has 0 radical (unpaired) electrons. The molecule has 0 aliphatic carbocycles. The summed E-state index contributed by atoms with van der Waals surface area (Å²) in [4.78, 5) is 21.5. The summed E-state index contributed by atoms with van der Waals surface area (Å²) in [5.74, 6) is -1.31. The molecule has 0 saturated carbocycles. The molecule has 1 aromatic carbocycles. The van der Waals surface area contributed by atoms with Crippen LogP contribution in [0.2, 0.25) is 0 Å². The SMILES string of the molecule is NC(=O)/C=C/C(/C=C/C(N)=O)c1cccc(Br)c1. The normalized spacial score (nSPS) is 11.4. The Bertz CT molecular complexity index is 485. The standard InChI is InChI=1S/C13H13BrN2O2/c14-11-3-1-2-10(8-11)9(4-6-12(15)17)5-7-13(16)18/h1-9H,(H2,15,17)(H2,16,18)/b6-4+,7-5+. The van der Waals surface area contributed by atoms with Crippen molar-refractivity contribution >= 4 is 27.7 Å². The van der Waals surface area contributed by atoms with E-state index in [-0.39, 0.29) is 5.92 Å². The fourth-order valence-corrected chi connectivity index (χ4v) is 1.81. The van der Waals surface area contributed by atoms with Crippen molar-refractivity contribution in [3.63, 3.8) is 0 Å². The highest BCUT2D eigenvalue weighted by molar-refractivity contribution is 9.10. The molecule has 1 rings (SSSR count). The number of carbonyl (C=O) groups excluding carboxylic acids is 2. The molecule has 0 atom stereocenters. The number of hydrogen-bond donors (Lipinski definition) is 2. The molecule has 0 aliphatic rings. The van der Waals surface area contributed by atoms with Gasteiger partial charge in [-0.3, -0.25) is 9.59 Å². The lowest BCUT2D eigenvalue weighted by atomic mass is 9.98. The van der Waals surface area contributed by atoms with Crippen LogP contribution in [0.1, 0.15) is 11.5 Å². The van der Waals surface area contributed by atoms with Gasteiger partial charge in [-0.2, -0.15) is 0 Å². The molecule has 0 heterocycles. The largest absolute Gasteiger partial charge is 0.366 e. The molecule has 0 spiro atoms. The van der Waals surface area contributed by atoms with Gasteiger partial charge in [-0.1, -0.05) is 40.2 Å². The van der Waals surface area contributed by atoms with E-state index in [4.69, 9.17) is 11.5 Å². The minimum Gasteiger partial charge on any atom is -0.366 e. The van der Waals surface area contributed by atoms with Crippen LogP contribution < -0.4 is 11.5 Å². The Morgan fingerprint density at radius 3 is 2.11 bits per heavy atom. The number of nitrogens with two attached hydrogens (primary N) is 2. The third-order valence-corrected chi connectivity index (χ3v) is 2.66. The Balaban J connectivity index is 3.03. The zero-order chi connectivity index (χ0) is 13.5. The summed E-state index contributed by atoms with van der Waals surface area (Å²) in [6, 6.07) is 7.52. The first-order chi connectivity index (χ1) is 8.49. The number of allylic oxidation sites excluding steroid dienone is 2. The van der Waals surface area contributed by atoms with Gasteiger partial charge in [0.15, 0.2) is 0 Å². The van der Waals surface area contributed by atoms with E-state index in [2.05, 4.69) is 15.9 Å². The summed E-state index contributed by atoms with van der Waals surface area (Å²) >= 11 is 3.36. The summed E-state index contributed by atoms with van der Waals surface area (Å²) in [6.07, 6.45) is 5.75. The molecule has 0 bridgehead atoms. The van der Waals surface area contributed by atoms with E-state index in [0.29, 0.717) is 0 Å². The van der Waals surface area contributed by atoms with Crippen LogP contribution in [0.5, 0.6) is 0 Å². The van der Waals surface area contributed by atoms with Gasteiger partial charge in [-0.05, 0) is 29.8 Å². The zero-order valence-corrected chi connectivity index (χ0v) is 11.1. The van der Waals surface area contributed by atoms with Crippen molar-refractivity contribution in [1.82, 2.24) is 0 Å². The number of halogens is 1. The Morgan fingerprint density at radius 1 is 1.11 bits per heavy atom. The Kier molecular flexibility index (Phi) is 5.32. The lowest BCUT2D eigenvalue weighted by Crippen LogP contribution is -2.08. The van der Waals surface area contributed by atoms with Gasteiger partial charge in [0.25, 0.3) is 0 Å². The quantitative estimate of drug-likeness (QED) is 0.810. The van der Waals surface area contributed by atoms with E-state index < -0.39 is 11.8 Å². The van der Waals surface area contributed by atoms with E-state index in [9.17, 15) is 9.59 Å². The minimum atomic E-state index is -0.539. The molecule has 0 unspecified atom stereocenters. The van der Waals surface area contributed by atoms with E-state index in [1.807, 2.05) is 24.3 Å². The first-order valence-electron chi connectivity index (χ1n) is 5.20. The van der Waals surface area contributed by atoms with Crippen molar-refractivity contribution in [3.8, 4) is 0 Å². The van der Waals surface area contributed by atoms with Gasteiger partial charge in [0, 0.05) is 10.4 Å². The van der Waals surface area contributed by atoms with Crippen molar-refractivity contribution in [2.75, 3.05) is 0 Å². The van der Waals surface area contributed by atoms with Gasteiger partial charge < -0.3 is 11.5 Å². The van der Waals surface area contributed by atoms with Crippen LogP contribution in [0, 0.1) is 0 Å². The molecule has 0 fully saturated rings. The molecule has 18 heavy (non-hydrogen) atoms. The molecule has 0 saturated heterocycles. The number of carbonyl (C=O) groups is 2. The summed E-state index contributed by atoms with van der Waals surface area (Å²) in [7, 11) is 0. The highest BCUT2D eigenvalue weighted by atomic mass is 79.9. The molecule has 0 aliphatic heterocycles. The fraction of sp³-hybridized carbons (Fsp3) is 0.0769. The van der Waals surface area contributed by atoms with Crippen LogP contribution in [0.3, 0.4) is 0 Å². The van der Waals surface area contributed by atoms with Crippen molar-refractivity contribution in [1.29, 1.82) is 0 Å². The second-order valence-corrected chi connectivity index (χ2v) is 4.52. The Labute approximate surface area is 113 Å². The predicted molar refractivity (Wildman–Crippen MR) is 73.6 cm³/mol. The Morgan fingerprint density at radius 2 is 1.67 bits per heavy atom. The van der Waals surface area contributed by atoms with Gasteiger partial charge in [0.05, 0.1) is 0 Å². The average molecular weight is 309 g/mol. The third-order valence-electron chi connectivity index (χ3n) is 2.17. The second kappa shape index (κ2) is 6.76. The minimum absolute atomic E-state index is 0.234. The molecular weight excluding hydrogens is 296 g/mol. The van der Waals surface area contributed by atoms with Crippen molar-refractivity contribution in [2.45, 2.75) is 5.92 Å². The smallest absolute Gasteiger partial charge is 0.241 e. The van der Waals surface area contributed by atoms with Crippen LogP contribution in [0.4, 0.5) is 0 Å². The monoisotopic (exact) mass is 308 g/mol. The number of primary amides is 2. The summed E-state index contributed by atoms with van der Waals surface area (Å²) in [5.41, 5.74) is 11.0.